The molecule has 2 fully saturated rings. The maximum absolute atomic E-state index is 12.3. The molecule has 1 atom stereocenters. The number of nitrogens with one attached hydrogen (secondary N) is 1. The number of hydrogen-bond donors (Lipinski definition) is 1. The van der Waals surface area contributed by atoms with Crippen LogP contribution in [0.4, 0.5) is 5.82 Å². The maximum atomic E-state index is 12.3. The highest BCUT2D eigenvalue weighted by atomic mass is 16.5. The van der Waals surface area contributed by atoms with Gasteiger partial charge in [0.25, 0.3) is 5.91 Å². The quantitative estimate of drug-likeness (QED) is 0.904. The Morgan fingerprint density at radius 2 is 2.12 bits per heavy atom. The van der Waals surface area contributed by atoms with E-state index >= 15 is 0 Å². The van der Waals surface area contributed by atoms with Gasteiger partial charge in [0, 0.05) is 38.3 Å². The van der Waals surface area contributed by atoms with Crippen LogP contribution in [0, 0.1) is 0 Å². The van der Waals surface area contributed by atoms with E-state index in [4.69, 9.17) is 4.74 Å². The van der Waals surface area contributed by atoms with Gasteiger partial charge in [-0.05, 0) is 18.9 Å². The molecule has 2 aliphatic rings. The first-order valence-corrected chi connectivity index (χ1v) is 8.32. The van der Waals surface area contributed by atoms with E-state index in [2.05, 4.69) is 25.1 Å². The Kier molecular flexibility index (Phi) is 4.02. The van der Waals surface area contributed by atoms with E-state index in [0.29, 0.717) is 24.7 Å². The third-order valence-electron chi connectivity index (χ3n) is 4.51. The van der Waals surface area contributed by atoms with Gasteiger partial charge in [0.2, 0.25) is 5.88 Å². The first-order chi connectivity index (χ1) is 11.8. The van der Waals surface area contributed by atoms with Crippen LogP contribution in [0.15, 0.2) is 24.7 Å². The molecule has 24 heavy (non-hydrogen) atoms. The summed E-state index contributed by atoms with van der Waals surface area (Å²) in [6.07, 6.45) is 6.28. The average molecular weight is 328 g/mol. The number of likely N-dealkylation sites (tertiary alicyclic amines) is 1. The van der Waals surface area contributed by atoms with Crippen LogP contribution >= 0.6 is 0 Å². The zero-order valence-corrected chi connectivity index (χ0v) is 13.4. The number of nitrogens with zero attached hydrogens (tertiary/aromatic N) is 5. The van der Waals surface area contributed by atoms with Crippen molar-refractivity contribution in [2.24, 2.45) is 0 Å². The van der Waals surface area contributed by atoms with Crippen molar-refractivity contribution in [2.45, 2.75) is 25.4 Å². The van der Waals surface area contributed by atoms with Gasteiger partial charge in [-0.3, -0.25) is 9.89 Å². The van der Waals surface area contributed by atoms with Gasteiger partial charge in [0.1, 0.15) is 23.9 Å². The fourth-order valence-electron chi connectivity index (χ4n) is 3.24. The lowest BCUT2D eigenvalue weighted by Gasteiger charge is -2.18. The first kappa shape index (κ1) is 14.9. The third kappa shape index (κ3) is 3.04. The number of H-pyrrole nitrogens is 1. The van der Waals surface area contributed by atoms with Gasteiger partial charge in [0.05, 0.1) is 6.54 Å². The van der Waals surface area contributed by atoms with Crippen molar-refractivity contribution in [3.63, 3.8) is 0 Å². The molecule has 1 unspecified atom stereocenters. The number of rotatable bonds is 4. The number of carbonyl (C=O) groups excluding carboxylic acids is 1. The zero-order valence-electron chi connectivity index (χ0n) is 13.4. The van der Waals surface area contributed by atoms with Crippen molar-refractivity contribution in [3.8, 4) is 5.88 Å². The van der Waals surface area contributed by atoms with Crippen LogP contribution in [-0.2, 0) is 0 Å². The Bertz CT molecular complexity index is 698. The lowest BCUT2D eigenvalue weighted by molar-refractivity contribution is 0.0765. The fraction of sp³-hybridized carbons (Fsp3) is 0.500. The molecule has 2 saturated heterocycles. The van der Waals surface area contributed by atoms with Gasteiger partial charge >= 0.3 is 0 Å². The van der Waals surface area contributed by atoms with Gasteiger partial charge < -0.3 is 14.5 Å². The minimum Gasteiger partial charge on any atom is -0.472 e. The van der Waals surface area contributed by atoms with Crippen molar-refractivity contribution in [3.05, 3.63) is 30.4 Å². The average Bonchev–Trinajstić information content (AvgIpc) is 3.36. The molecule has 8 nitrogen and oxygen atoms in total. The summed E-state index contributed by atoms with van der Waals surface area (Å²) in [5.41, 5.74) is 0.508. The molecule has 2 aromatic rings. The Labute approximate surface area is 139 Å². The predicted molar refractivity (Wildman–Crippen MR) is 87.0 cm³/mol. The van der Waals surface area contributed by atoms with Gasteiger partial charge in [-0.1, -0.05) is 0 Å². The van der Waals surface area contributed by atoms with E-state index < -0.39 is 0 Å². The standard InChI is InChI=1S/C16H20N6O2/c23-16(13-3-5-19-20-13)22-8-4-12(10-22)24-15-9-14(17-11-18-15)21-6-1-2-7-21/h3,5,9,11-12H,1-2,4,6-8,10H2,(H,19,20). The summed E-state index contributed by atoms with van der Waals surface area (Å²) in [6, 6.07) is 3.58. The number of hydrogen-bond acceptors (Lipinski definition) is 6. The molecule has 126 valence electrons. The van der Waals surface area contributed by atoms with Crippen LogP contribution in [0.25, 0.3) is 0 Å². The van der Waals surface area contributed by atoms with E-state index in [1.54, 1.807) is 23.5 Å². The number of aromatic amines is 1. The Morgan fingerprint density at radius 1 is 1.25 bits per heavy atom. The second kappa shape index (κ2) is 6.46. The van der Waals surface area contributed by atoms with Crippen molar-refractivity contribution >= 4 is 11.7 Å². The zero-order chi connectivity index (χ0) is 16.4. The van der Waals surface area contributed by atoms with Crippen molar-refractivity contribution in [1.29, 1.82) is 0 Å². The van der Waals surface area contributed by atoms with Crippen LogP contribution in [0.3, 0.4) is 0 Å². The lowest BCUT2D eigenvalue weighted by atomic mass is 10.3. The molecular formula is C16H20N6O2. The van der Waals surface area contributed by atoms with E-state index in [1.165, 1.54) is 12.8 Å². The van der Waals surface area contributed by atoms with E-state index in [-0.39, 0.29) is 12.0 Å². The summed E-state index contributed by atoms with van der Waals surface area (Å²) < 4.78 is 5.98. The monoisotopic (exact) mass is 328 g/mol. The molecule has 4 heterocycles. The number of carbonyl (C=O) groups is 1. The third-order valence-corrected chi connectivity index (χ3v) is 4.51. The number of aromatic nitrogens is 4. The minimum absolute atomic E-state index is 0.0426. The molecule has 0 bridgehead atoms. The van der Waals surface area contributed by atoms with Gasteiger partial charge in [-0.2, -0.15) is 5.10 Å². The molecule has 2 aromatic heterocycles. The lowest BCUT2D eigenvalue weighted by Crippen LogP contribution is -2.31. The fourth-order valence-corrected chi connectivity index (χ4v) is 3.24. The maximum Gasteiger partial charge on any atom is 0.271 e. The van der Waals surface area contributed by atoms with E-state index in [1.807, 2.05) is 6.07 Å². The highest BCUT2D eigenvalue weighted by Gasteiger charge is 2.29. The Balaban J connectivity index is 1.38. The van der Waals surface area contributed by atoms with Crippen LogP contribution in [0.1, 0.15) is 29.8 Å². The summed E-state index contributed by atoms with van der Waals surface area (Å²) in [6.45, 7) is 3.30. The SMILES string of the molecule is O=C(c1ccn[nH]1)N1CCC(Oc2cc(N3CCCC3)ncn2)C1. The molecule has 1 amide bonds. The molecule has 0 radical (unpaired) electrons. The van der Waals surface area contributed by atoms with Crippen LogP contribution in [0.2, 0.25) is 0 Å². The topological polar surface area (TPSA) is 87.2 Å². The van der Waals surface area contributed by atoms with Gasteiger partial charge in [0.15, 0.2) is 0 Å². The molecular weight excluding hydrogens is 308 g/mol. The summed E-state index contributed by atoms with van der Waals surface area (Å²) >= 11 is 0. The second-order valence-corrected chi connectivity index (χ2v) is 6.16. The van der Waals surface area contributed by atoms with Crippen molar-refractivity contribution in [2.75, 3.05) is 31.1 Å². The molecule has 1 N–H and O–H groups in total. The van der Waals surface area contributed by atoms with Crippen molar-refractivity contribution < 1.29 is 9.53 Å². The number of ether oxygens (including phenoxy) is 1. The molecule has 4 rings (SSSR count). The van der Waals surface area contributed by atoms with Gasteiger partial charge in [-0.25, -0.2) is 9.97 Å². The summed E-state index contributed by atoms with van der Waals surface area (Å²) in [5.74, 6) is 1.45. The summed E-state index contributed by atoms with van der Waals surface area (Å²) in [4.78, 5) is 24.9. The highest BCUT2D eigenvalue weighted by molar-refractivity contribution is 5.92. The highest BCUT2D eigenvalue weighted by Crippen LogP contribution is 2.23. The molecule has 2 aliphatic heterocycles. The van der Waals surface area contributed by atoms with Crippen LogP contribution in [0.5, 0.6) is 5.88 Å². The smallest absolute Gasteiger partial charge is 0.271 e. The normalized spacial score (nSPS) is 20.6. The first-order valence-electron chi connectivity index (χ1n) is 8.32. The summed E-state index contributed by atoms with van der Waals surface area (Å²) in [7, 11) is 0. The van der Waals surface area contributed by atoms with Crippen LogP contribution < -0.4 is 9.64 Å². The Morgan fingerprint density at radius 3 is 2.92 bits per heavy atom. The molecule has 8 heteroatoms. The van der Waals surface area contributed by atoms with E-state index in [9.17, 15) is 4.79 Å². The summed E-state index contributed by atoms with van der Waals surface area (Å²) in [5, 5.41) is 6.53. The van der Waals surface area contributed by atoms with Crippen molar-refractivity contribution in [1.82, 2.24) is 25.1 Å². The molecule has 0 saturated carbocycles. The number of amides is 1. The van der Waals surface area contributed by atoms with Crippen LogP contribution in [-0.4, -0.2) is 63.3 Å². The van der Waals surface area contributed by atoms with Gasteiger partial charge in [-0.15, -0.1) is 0 Å². The predicted octanol–water partition coefficient (Wildman–Crippen LogP) is 1.09. The minimum atomic E-state index is -0.0433. The molecule has 0 spiro atoms. The van der Waals surface area contributed by atoms with E-state index in [0.717, 1.165) is 25.3 Å². The molecule has 0 aromatic carbocycles. The second-order valence-electron chi connectivity index (χ2n) is 6.16. The number of anilines is 1. The Hall–Kier alpha value is -2.64. The largest absolute Gasteiger partial charge is 0.472 e. The molecule has 0 aliphatic carbocycles.